The van der Waals surface area contributed by atoms with Gasteiger partial charge < -0.3 is 19.5 Å². The summed E-state index contributed by atoms with van der Waals surface area (Å²) in [6.45, 7) is 7.38. The Balaban J connectivity index is 1.97. The smallest absolute Gasteiger partial charge is 0.408 e. The molecule has 0 aromatic rings. The molecule has 3 N–H and O–H groups in total. The van der Waals surface area contributed by atoms with Gasteiger partial charge in [-0.1, -0.05) is 0 Å². The predicted molar refractivity (Wildman–Crippen MR) is 63.6 cm³/mol. The Morgan fingerprint density at radius 3 is 2.61 bits per heavy atom. The Morgan fingerprint density at radius 2 is 2.06 bits per heavy atom. The summed E-state index contributed by atoms with van der Waals surface area (Å²) in [6.07, 6.45) is -0.485. The fourth-order valence-electron chi connectivity index (χ4n) is 2.20. The van der Waals surface area contributed by atoms with Crippen molar-refractivity contribution in [3.8, 4) is 0 Å². The first-order chi connectivity index (χ1) is 8.31. The lowest BCUT2D eigenvalue weighted by Crippen LogP contribution is -2.53. The summed E-state index contributed by atoms with van der Waals surface area (Å²) < 4.78 is 16.4. The van der Waals surface area contributed by atoms with Gasteiger partial charge in [-0.15, -0.1) is 0 Å². The Kier molecular flexibility index (Phi) is 3.50. The largest absolute Gasteiger partial charge is 0.444 e. The Morgan fingerprint density at radius 1 is 1.44 bits per heavy atom. The molecule has 2 aliphatic rings. The summed E-state index contributed by atoms with van der Waals surface area (Å²) in [5.74, 6) is 4.94. The maximum Gasteiger partial charge on any atom is 0.408 e. The first kappa shape index (κ1) is 13.5. The average molecular weight is 259 g/mol. The highest BCUT2D eigenvalue weighted by atomic mass is 16.7. The number of nitrogens with two attached hydrogens (primary N) is 1. The molecule has 0 aliphatic carbocycles. The van der Waals surface area contributed by atoms with E-state index in [0.717, 1.165) is 0 Å². The molecule has 2 saturated heterocycles. The summed E-state index contributed by atoms with van der Waals surface area (Å²) in [5.41, 5.74) is -0.532. The molecule has 1 amide bonds. The molecule has 104 valence electrons. The van der Waals surface area contributed by atoms with E-state index in [1.165, 1.54) is 0 Å². The van der Waals surface area contributed by atoms with Crippen LogP contribution in [0.3, 0.4) is 0 Å². The molecule has 2 aliphatic heterocycles. The number of nitrogens with one attached hydrogen (secondary N) is 1. The molecular weight excluding hydrogens is 238 g/mol. The van der Waals surface area contributed by atoms with E-state index < -0.39 is 17.5 Å². The Labute approximate surface area is 106 Å². The SMILES string of the molecule is CC(C)(C)OC(=O)NC1CN(N)CC12OCCO2. The number of hydrazine groups is 1. The molecule has 1 atom stereocenters. The number of amides is 1. The van der Waals surface area contributed by atoms with Crippen molar-refractivity contribution in [2.75, 3.05) is 26.3 Å². The molecule has 0 bridgehead atoms. The maximum atomic E-state index is 11.8. The van der Waals surface area contributed by atoms with Crippen LogP contribution in [0.2, 0.25) is 0 Å². The molecule has 0 saturated carbocycles. The highest BCUT2D eigenvalue weighted by molar-refractivity contribution is 5.68. The van der Waals surface area contributed by atoms with Crippen LogP contribution in [0.25, 0.3) is 0 Å². The van der Waals surface area contributed by atoms with Crippen molar-refractivity contribution < 1.29 is 19.0 Å². The third-order valence-corrected chi connectivity index (χ3v) is 2.84. The highest BCUT2D eigenvalue weighted by Crippen LogP contribution is 2.29. The van der Waals surface area contributed by atoms with Crippen molar-refractivity contribution in [3.63, 3.8) is 0 Å². The summed E-state index contributed by atoms with van der Waals surface area (Å²) >= 11 is 0. The zero-order valence-corrected chi connectivity index (χ0v) is 11.1. The van der Waals surface area contributed by atoms with E-state index in [4.69, 9.17) is 20.1 Å². The van der Waals surface area contributed by atoms with E-state index in [2.05, 4.69) is 5.32 Å². The van der Waals surface area contributed by atoms with E-state index in [1.807, 2.05) is 20.8 Å². The van der Waals surface area contributed by atoms with Gasteiger partial charge in [0.25, 0.3) is 0 Å². The Bertz CT molecular complexity index is 323. The van der Waals surface area contributed by atoms with Gasteiger partial charge in [-0.2, -0.15) is 0 Å². The summed E-state index contributed by atoms with van der Waals surface area (Å²) in [7, 11) is 0. The second-order valence-corrected chi connectivity index (χ2v) is 5.64. The molecule has 2 heterocycles. The van der Waals surface area contributed by atoms with E-state index in [1.54, 1.807) is 5.01 Å². The fourth-order valence-corrected chi connectivity index (χ4v) is 2.20. The third-order valence-electron chi connectivity index (χ3n) is 2.84. The van der Waals surface area contributed by atoms with Gasteiger partial charge in [0, 0.05) is 6.54 Å². The van der Waals surface area contributed by atoms with Gasteiger partial charge in [0.05, 0.1) is 19.8 Å². The zero-order valence-electron chi connectivity index (χ0n) is 11.1. The molecule has 2 fully saturated rings. The van der Waals surface area contributed by atoms with Crippen LogP contribution in [0.4, 0.5) is 4.79 Å². The standard InChI is InChI=1S/C11H21N3O4/c1-10(2,3)18-9(15)13-8-6-14(12)7-11(8)16-4-5-17-11/h8H,4-7,12H2,1-3H3,(H,13,15). The molecule has 18 heavy (non-hydrogen) atoms. The van der Waals surface area contributed by atoms with E-state index in [-0.39, 0.29) is 6.04 Å². The van der Waals surface area contributed by atoms with Crippen molar-refractivity contribution in [2.45, 2.75) is 38.2 Å². The molecule has 2 rings (SSSR count). The molecule has 0 aromatic heterocycles. The Hall–Kier alpha value is -0.890. The van der Waals surface area contributed by atoms with E-state index in [9.17, 15) is 4.79 Å². The summed E-state index contributed by atoms with van der Waals surface area (Å²) in [6, 6.07) is -0.320. The van der Waals surface area contributed by atoms with Gasteiger partial charge in [-0.3, -0.25) is 5.84 Å². The van der Waals surface area contributed by atoms with Gasteiger partial charge in [0.15, 0.2) is 0 Å². The third kappa shape index (κ3) is 2.92. The minimum Gasteiger partial charge on any atom is -0.444 e. The van der Waals surface area contributed by atoms with Crippen LogP contribution in [0.1, 0.15) is 20.8 Å². The fraction of sp³-hybridized carbons (Fsp3) is 0.909. The lowest BCUT2D eigenvalue weighted by atomic mass is 10.1. The number of carbonyl (C=O) groups excluding carboxylic acids is 1. The van der Waals surface area contributed by atoms with Gasteiger partial charge in [-0.25, -0.2) is 9.80 Å². The number of hydrogen-bond acceptors (Lipinski definition) is 6. The summed E-state index contributed by atoms with van der Waals surface area (Å²) in [4.78, 5) is 11.8. The maximum absolute atomic E-state index is 11.8. The second kappa shape index (κ2) is 4.65. The molecule has 7 nitrogen and oxygen atoms in total. The van der Waals surface area contributed by atoms with Crippen molar-refractivity contribution >= 4 is 6.09 Å². The lowest BCUT2D eigenvalue weighted by molar-refractivity contribution is -0.159. The summed E-state index contributed by atoms with van der Waals surface area (Å²) in [5, 5.41) is 4.34. The number of carbonyl (C=O) groups is 1. The van der Waals surface area contributed by atoms with Crippen molar-refractivity contribution in [1.29, 1.82) is 0 Å². The van der Waals surface area contributed by atoms with Crippen molar-refractivity contribution in [3.05, 3.63) is 0 Å². The monoisotopic (exact) mass is 259 g/mol. The average Bonchev–Trinajstić information content (AvgIpc) is 2.73. The normalized spacial score (nSPS) is 27.7. The van der Waals surface area contributed by atoms with E-state index in [0.29, 0.717) is 26.3 Å². The number of ether oxygens (including phenoxy) is 3. The molecular formula is C11H21N3O4. The van der Waals surface area contributed by atoms with Crippen LogP contribution in [0.5, 0.6) is 0 Å². The van der Waals surface area contributed by atoms with Crippen LogP contribution >= 0.6 is 0 Å². The van der Waals surface area contributed by atoms with Gasteiger partial charge >= 0.3 is 6.09 Å². The highest BCUT2D eigenvalue weighted by Gasteiger charge is 2.52. The lowest BCUT2D eigenvalue weighted by Gasteiger charge is -2.29. The van der Waals surface area contributed by atoms with Crippen LogP contribution in [-0.4, -0.2) is 54.8 Å². The molecule has 1 unspecified atom stereocenters. The molecule has 7 heteroatoms. The van der Waals surface area contributed by atoms with Crippen LogP contribution in [-0.2, 0) is 14.2 Å². The molecule has 0 aromatic carbocycles. The number of hydrogen-bond donors (Lipinski definition) is 2. The van der Waals surface area contributed by atoms with Gasteiger partial charge in [-0.05, 0) is 20.8 Å². The van der Waals surface area contributed by atoms with Crippen molar-refractivity contribution in [1.82, 2.24) is 10.3 Å². The number of alkyl carbamates (subject to hydrolysis) is 1. The van der Waals surface area contributed by atoms with Crippen molar-refractivity contribution in [2.24, 2.45) is 5.84 Å². The topological polar surface area (TPSA) is 86.1 Å². The van der Waals surface area contributed by atoms with Crippen LogP contribution in [0, 0.1) is 0 Å². The quantitative estimate of drug-likeness (QED) is 0.635. The number of nitrogens with zero attached hydrogens (tertiary/aromatic N) is 1. The van der Waals surface area contributed by atoms with Crippen LogP contribution in [0.15, 0.2) is 0 Å². The first-order valence-corrected chi connectivity index (χ1v) is 6.08. The second-order valence-electron chi connectivity index (χ2n) is 5.64. The minimum atomic E-state index is -0.828. The zero-order chi connectivity index (χ0) is 13.4. The van der Waals surface area contributed by atoms with Gasteiger partial charge in [0.1, 0.15) is 11.6 Å². The van der Waals surface area contributed by atoms with Gasteiger partial charge in [0.2, 0.25) is 5.79 Å². The number of rotatable bonds is 1. The first-order valence-electron chi connectivity index (χ1n) is 6.08. The molecule has 1 spiro atoms. The minimum absolute atomic E-state index is 0.320. The predicted octanol–water partition coefficient (Wildman–Crippen LogP) is -0.188. The molecule has 0 radical (unpaired) electrons. The van der Waals surface area contributed by atoms with E-state index >= 15 is 0 Å². The van der Waals surface area contributed by atoms with Crippen LogP contribution < -0.4 is 11.2 Å².